The summed E-state index contributed by atoms with van der Waals surface area (Å²) in [5.41, 5.74) is 1.07. The Morgan fingerprint density at radius 3 is 2.66 bits per heavy atom. The molecule has 3 aromatic rings. The molecule has 7 nitrogen and oxygen atoms in total. The number of thioether (sulfide) groups is 1. The van der Waals surface area contributed by atoms with Gasteiger partial charge >= 0.3 is 0 Å². The van der Waals surface area contributed by atoms with Crippen molar-refractivity contribution in [2.45, 2.75) is 24.7 Å². The van der Waals surface area contributed by atoms with Crippen LogP contribution in [-0.4, -0.2) is 33.5 Å². The first kappa shape index (κ1) is 20.7. The van der Waals surface area contributed by atoms with Gasteiger partial charge in [0.15, 0.2) is 17.1 Å². The first-order chi connectivity index (χ1) is 14.1. The normalized spacial score (nSPS) is 11.7. The number of rotatable bonds is 9. The second kappa shape index (κ2) is 9.97. The number of methoxy groups -OCH3 is 1. The molecule has 3 rings (SSSR count). The lowest BCUT2D eigenvalue weighted by atomic mass is 10.2. The van der Waals surface area contributed by atoms with Crippen LogP contribution in [0.1, 0.15) is 24.4 Å². The molecule has 0 bridgehead atoms. The van der Waals surface area contributed by atoms with E-state index in [1.165, 1.54) is 11.8 Å². The molecule has 29 heavy (non-hydrogen) atoms. The van der Waals surface area contributed by atoms with Crippen molar-refractivity contribution in [2.24, 2.45) is 7.05 Å². The summed E-state index contributed by atoms with van der Waals surface area (Å²) in [6.07, 6.45) is -0.305. The maximum atomic E-state index is 12.1. The summed E-state index contributed by atoms with van der Waals surface area (Å²) in [5, 5.41) is 12.0. The number of aromatic nitrogens is 3. The maximum Gasteiger partial charge on any atom is 0.230 e. The quantitative estimate of drug-likeness (QED) is 0.543. The molecule has 1 aromatic heterocycles. The minimum Gasteiger partial charge on any atom is -0.497 e. The molecule has 1 N–H and O–H groups in total. The van der Waals surface area contributed by atoms with E-state index >= 15 is 0 Å². The van der Waals surface area contributed by atoms with Gasteiger partial charge in [0.1, 0.15) is 11.5 Å². The van der Waals surface area contributed by atoms with Gasteiger partial charge in [-0.1, -0.05) is 48.2 Å². The van der Waals surface area contributed by atoms with Crippen LogP contribution in [0, 0.1) is 0 Å². The van der Waals surface area contributed by atoms with Gasteiger partial charge in [-0.05, 0) is 24.6 Å². The summed E-state index contributed by atoms with van der Waals surface area (Å²) < 4.78 is 13.0. The van der Waals surface area contributed by atoms with Gasteiger partial charge in [0.05, 0.1) is 12.9 Å². The molecule has 0 fully saturated rings. The average molecular weight is 413 g/mol. The van der Waals surface area contributed by atoms with Crippen LogP contribution in [0.4, 0.5) is 0 Å². The third kappa shape index (κ3) is 5.74. The van der Waals surface area contributed by atoms with Crippen molar-refractivity contribution in [1.29, 1.82) is 0 Å². The molecule has 152 valence electrons. The first-order valence-electron chi connectivity index (χ1n) is 9.20. The summed E-state index contributed by atoms with van der Waals surface area (Å²) in [6.45, 7) is 2.42. The molecule has 0 spiro atoms. The Bertz CT molecular complexity index is 946. The molecular formula is C21H24N4O3S. The van der Waals surface area contributed by atoms with Crippen molar-refractivity contribution in [2.75, 3.05) is 12.9 Å². The summed E-state index contributed by atoms with van der Waals surface area (Å²) in [7, 11) is 3.48. The summed E-state index contributed by atoms with van der Waals surface area (Å²) in [4.78, 5) is 12.1. The number of carbonyl (C=O) groups is 1. The fraction of sp³-hybridized carbons (Fsp3) is 0.286. The highest BCUT2D eigenvalue weighted by Gasteiger charge is 2.18. The number of hydrogen-bond donors (Lipinski definition) is 1. The Hall–Kier alpha value is -3.00. The zero-order chi connectivity index (χ0) is 20.6. The molecule has 1 amide bonds. The van der Waals surface area contributed by atoms with Crippen molar-refractivity contribution in [3.05, 3.63) is 66.0 Å². The monoisotopic (exact) mass is 412 g/mol. The Balaban J connectivity index is 1.53. The minimum atomic E-state index is -0.305. The Labute approximate surface area is 174 Å². The second-order valence-electron chi connectivity index (χ2n) is 6.39. The van der Waals surface area contributed by atoms with E-state index in [1.54, 1.807) is 7.11 Å². The van der Waals surface area contributed by atoms with Gasteiger partial charge in [-0.15, -0.1) is 10.2 Å². The molecule has 0 saturated carbocycles. The highest BCUT2D eigenvalue weighted by atomic mass is 32.2. The van der Waals surface area contributed by atoms with Gasteiger partial charge in [0.2, 0.25) is 5.91 Å². The third-order valence-corrected chi connectivity index (χ3v) is 5.27. The molecule has 1 unspecified atom stereocenters. The lowest BCUT2D eigenvalue weighted by Gasteiger charge is -2.14. The molecule has 8 heteroatoms. The van der Waals surface area contributed by atoms with E-state index in [1.807, 2.05) is 73.1 Å². The fourth-order valence-corrected chi connectivity index (χ4v) is 3.46. The largest absolute Gasteiger partial charge is 0.497 e. The second-order valence-corrected chi connectivity index (χ2v) is 7.33. The van der Waals surface area contributed by atoms with Crippen LogP contribution in [0.3, 0.4) is 0 Å². The molecule has 1 atom stereocenters. The topological polar surface area (TPSA) is 78.3 Å². The van der Waals surface area contributed by atoms with Crippen molar-refractivity contribution < 1.29 is 14.3 Å². The highest BCUT2D eigenvalue weighted by Crippen LogP contribution is 2.26. The fourth-order valence-electron chi connectivity index (χ4n) is 2.71. The smallest absolute Gasteiger partial charge is 0.230 e. The molecule has 0 radical (unpaired) electrons. The molecule has 1 heterocycles. The molecule has 0 aliphatic carbocycles. The van der Waals surface area contributed by atoms with Crippen molar-refractivity contribution in [3.8, 4) is 11.5 Å². The number of carbonyl (C=O) groups excluding carboxylic acids is 1. The van der Waals surface area contributed by atoms with Crippen LogP contribution in [0.25, 0.3) is 0 Å². The van der Waals surface area contributed by atoms with Crippen molar-refractivity contribution in [3.63, 3.8) is 0 Å². The average Bonchev–Trinajstić information content (AvgIpc) is 3.12. The lowest BCUT2D eigenvalue weighted by molar-refractivity contribution is -0.118. The van der Waals surface area contributed by atoms with E-state index in [4.69, 9.17) is 9.47 Å². The summed E-state index contributed by atoms with van der Waals surface area (Å²) in [6, 6.07) is 17.2. The Morgan fingerprint density at radius 2 is 1.90 bits per heavy atom. The maximum absolute atomic E-state index is 12.1. The van der Waals surface area contributed by atoms with E-state index in [-0.39, 0.29) is 17.8 Å². The van der Waals surface area contributed by atoms with Crippen LogP contribution in [0.5, 0.6) is 11.5 Å². The van der Waals surface area contributed by atoms with Gasteiger partial charge in [-0.3, -0.25) is 4.79 Å². The van der Waals surface area contributed by atoms with E-state index in [0.29, 0.717) is 23.3 Å². The number of nitrogens with zero attached hydrogens (tertiary/aromatic N) is 3. The summed E-state index contributed by atoms with van der Waals surface area (Å²) >= 11 is 1.34. The van der Waals surface area contributed by atoms with Crippen LogP contribution in [0.2, 0.25) is 0 Å². The van der Waals surface area contributed by atoms with E-state index in [9.17, 15) is 4.79 Å². The van der Waals surface area contributed by atoms with Gasteiger partial charge in [-0.2, -0.15) is 0 Å². The predicted octanol–water partition coefficient (Wildman–Crippen LogP) is 3.37. The Kier molecular flexibility index (Phi) is 7.13. The number of nitrogens with one attached hydrogen (secondary N) is 1. The molecule has 0 aliphatic rings. The van der Waals surface area contributed by atoms with E-state index < -0.39 is 0 Å². The van der Waals surface area contributed by atoms with Crippen molar-refractivity contribution in [1.82, 2.24) is 20.1 Å². The zero-order valence-electron chi connectivity index (χ0n) is 16.7. The SMILES string of the molecule is COc1cccc(OC(C)c2nnc(SCC(=O)NCc3ccccc3)n2C)c1. The van der Waals surface area contributed by atoms with Crippen LogP contribution >= 0.6 is 11.8 Å². The first-order valence-corrected chi connectivity index (χ1v) is 10.2. The number of hydrogen-bond acceptors (Lipinski definition) is 6. The predicted molar refractivity (Wildman–Crippen MR) is 112 cm³/mol. The highest BCUT2D eigenvalue weighted by molar-refractivity contribution is 7.99. The van der Waals surface area contributed by atoms with E-state index in [0.717, 1.165) is 11.3 Å². The lowest BCUT2D eigenvalue weighted by Crippen LogP contribution is -2.24. The van der Waals surface area contributed by atoms with Gasteiger partial charge in [0, 0.05) is 19.7 Å². The Morgan fingerprint density at radius 1 is 1.14 bits per heavy atom. The van der Waals surface area contributed by atoms with Gasteiger partial charge in [-0.25, -0.2) is 0 Å². The minimum absolute atomic E-state index is 0.0518. The van der Waals surface area contributed by atoms with Gasteiger partial charge in [0.25, 0.3) is 0 Å². The zero-order valence-corrected chi connectivity index (χ0v) is 17.5. The third-order valence-electron chi connectivity index (χ3n) is 4.25. The van der Waals surface area contributed by atoms with Gasteiger partial charge < -0.3 is 19.4 Å². The molecule has 2 aromatic carbocycles. The van der Waals surface area contributed by atoms with Crippen LogP contribution in [0.15, 0.2) is 59.8 Å². The van der Waals surface area contributed by atoms with E-state index in [2.05, 4.69) is 15.5 Å². The number of amides is 1. The molecular weight excluding hydrogens is 388 g/mol. The number of ether oxygens (including phenoxy) is 2. The van der Waals surface area contributed by atoms with Crippen LogP contribution in [-0.2, 0) is 18.4 Å². The van der Waals surface area contributed by atoms with Crippen molar-refractivity contribution >= 4 is 17.7 Å². The summed E-state index contributed by atoms with van der Waals surface area (Å²) in [5.74, 6) is 2.31. The standard InChI is InChI=1S/C21H24N4O3S/c1-15(28-18-11-7-10-17(12-18)27-3)20-23-24-21(25(20)2)29-14-19(26)22-13-16-8-5-4-6-9-16/h4-12,15H,13-14H2,1-3H3,(H,22,26). The van der Waals surface area contributed by atoms with Crippen LogP contribution < -0.4 is 14.8 Å². The molecule has 0 aliphatic heterocycles. The number of benzene rings is 2. The molecule has 0 saturated heterocycles.